The minimum atomic E-state index is -0.00600. The van der Waals surface area contributed by atoms with Crippen molar-refractivity contribution in [3.8, 4) is 6.07 Å². The van der Waals surface area contributed by atoms with Gasteiger partial charge in [-0.15, -0.1) is 0 Å². The molecule has 1 nitrogen and oxygen atoms in total. The van der Waals surface area contributed by atoms with E-state index in [1.54, 1.807) is 6.07 Å². The van der Waals surface area contributed by atoms with Crippen molar-refractivity contribution < 1.29 is 0 Å². The van der Waals surface area contributed by atoms with E-state index in [9.17, 15) is 0 Å². The van der Waals surface area contributed by atoms with Crippen LogP contribution in [0.15, 0.2) is 12.1 Å². The molecule has 1 unspecified atom stereocenters. The van der Waals surface area contributed by atoms with Crippen LogP contribution < -0.4 is 0 Å². The highest BCUT2D eigenvalue weighted by molar-refractivity contribution is 6.42. The molecule has 0 aromatic heterocycles. The number of hydrogen-bond donors (Lipinski definition) is 0. The second-order valence-corrected chi connectivity index (χ2v) is 4.29. The number of benzene rings is 1. The lowest BCUT2D eigenvalue weighted by atomic mass is 9.84. The number of fused-ring (bicyclic) bond motifs is 1. The van der Waals surface area contributed by atoms with Crippen LogP contribution in [0.25, 0.3) is 0 Å². The minimum absolute atomic E-state index is 0.00600. The Labute approximate surface area is 93.2 Å². The third-order valence-electron chi connectivity index (χ3n) is 2.68. The second-order valence-electron chi connectivity index (χ2n) is 3.50. The predicted molar refractivity (Wildman–Crippen MR) is 57.8 cm³/mol. The van der Waals surface area contributed by atoms with Crippen molar-refractivity contribution in [2.24, 2.45) is 0 Å². The SMILES string of the molecule is N#CC1CCCc2c1ccc(Cl)c2Cl. The molecule has 0 aliphatic heterocycles. The highest BCUT2D eigenvalue weighted by atomic mass is 35.5. The topological polar surface area (TPSA) is 23.8 Å². The summed E-state index contributed by atoms with van der Waals surface area (Å²) >= 11 is 12.0. The van der Waals surface area contributed by atoms with Crippen molar-refractivity contribution in [3.05, 3.63) is 33.3 Å². The molecule has 72 valence electrons. The fourth-order valence-electron chi connectivity index (χ4n) is 1.96. The molecule has 2 rings (SSSR count). The Balaban J connectivity index is 2.57. The Morgan fingerprint density at radius 2 is 2.14 bits per heavy atom. The molecule has 1 aromatic carbocycles. The van der Waals surface area contributed by atoms with E-state index in [0.717, 1.165) is 30.4 Å². The Morgan fingerprint density at radius 3 is 2.86 bits per heavy atom. The van der Waals surface area contributed by atoms with Gasteiger partial charge in [-0.05, 0) is 36.5 Å². The van der Waals surface area contributed by atoms with E-state index >= 15 is 0 Å². The maximum Gasteiger partial charge on any atom is 0.0716 e. The molecule has 0 amide bonds. The molecule has 1 atom stereocenters. The third-order valence-corrected chi connectivity index (χ3v) is 3.53. The van der Waals surface area contributed by atoms with Gasteiger partial charge in [0.1, 0.15) is 0 Å². The molecule has 0 fully saturated rings. The number of rotatable bonds is 0. The van der Waals surface area contributed by atoms with Gasteiger partial charge in [0.15, 0.2) is 0 Å². The first-order chi connectivity index (χ1) is 6.74. The highest BCUT2D eigenvalue weighted by Crippen LogP contribution is 2.38. The summed E-state index contributed by atoms with van der Waals surface area (Å²) in [5.41, 5.74) is 2.13. The van der Waals surface area contributed by atoms with Gasteiger partial charge in [-0.3, -0.25) is 0 Å². The molecular weight excluding hydrogens is 217 g/mol. The summed E-state index contributed by atoms with van der Waals surface area (Å²) in [5.74, 6) is -0.00600. The lowest BCUT2D eigenvalue weighted by Crippen LogP contribution is -2.08. The van der Waals surface area contributed by atoms with Crippen molar-refractivity contribution in [2.75, 3.05) is 0 Å². The first kappa shape index (κ1) is 9.83. The van der Waals surface area contributed by atoms with Crippen LogP contribution in [0, 0.1) is 11.3 Å². The zero-order chi connectivity index (χ0) is 10.1. The Bertz CT molecular complexity index is 406. The van der Waals surface area contributed by atoms with E-state index in [-0.39, 0.29) is 5.92 Å². The van der Waals surface area contributed by atoms with Crippen LogP contribution in [0.4, 0.5) is 0 Å². The van der Waals surface area contributed by atoms with Crippen molar-refractivity contribution >= 4 is 23.2 Å². The average molecular weight is 226 g/mol. The zero-order valence-corrected chi connectivity index (χ0v) is 9.07. The van der Waals surface area contributed by atoms with Crippen LogP contribution in [0.1, 0.15) is 29.9 Å². The molecule has 0 N–H and O–H groups in total. The molecule has 14 heavy (non-hydrogen) atoms. The molecule has 1 aliphatic rings. The van der Waals surface area contributed by atoms with Crippen LogP contribution in [0.5, 0.6) is 0 Å². The number of halogens is 2. The van der Waals surface area contributed by atoms with Crippen molar-refractivity contribution in [3.63, 3.8) is 0 Å². The van der Waals surface area contributed by atoms with Gasteiger partial charge in [-0.25, -0.2) is 0 Å². The lowest BCUT2D eigenvalue weighted by molar-refractivity contribution is 0.637. The van der Waals surface area contributed by atoms with Crippen molar-refractivity contribution in [2.45, 2.75) is 25.2 Å². The quantitative estimate of drug-likeness (QED) is 0.657. The molecule has 1 aliphatic carbocycles. The highest BCUT2D eigenvalue weighted by Gasteiger charge is 2.22. The van der Waals surface area contributed by atoms with Gasteiger partial charge in [0.05, 0.1) is 22.0 Å². The van der Waals surface area contributed by atoms with E-state index in [1.165, 1.54) is 0 Å². The van der Waals surface area contributed by atoms with Gasteiger partial charge >= 0.3 is 0 Å². The van der Waals surface area contributed by atoms with Crippen molar-refractivity contribution in [1.29, 1.82) is 5.26 Å². The third kappa shape index (κ3) is 1.49. The fraction of sp³-hybridized carbons (Fsp3) is 0.364. The minimum Gasteiger partial charge on any atom is -0.198 e. The Hall–Kier alpha value is -0.710. The molecule has 1 aromatic rings. The van der Waals surface area contributed by atoms with Crippen LogP contribution in [0.3, 0.4) is 0 Å². The summed E-state index contributed by atoms with van der Waals surface area (Å²) in [5, 5.41) is 10.2. The molecule has 0 bridgehead atoms. The summed E-state index contributed by atoms with van der Waals surface area (Å²) in [4.78, 5) is 0. The average Bonchev–Trinajstić information content (AvgIpc) is 2.23. The zero-order valence-electron chi connectivity index (χ0n) is 7.56. The van der Waals surface area contributed by atoms with E-state index in [2.05, 4.69) is 6.07 Å². The molecular formula is C11H9Cl2N. The molecule has 0 spiro atoms. The number of hydrogen-bond acceptors (Lipinski definition) is 1. The maximum absolute atomic E-state index is 8.97. The first-order valence-electron chi connectivity index (χ1n) is 4.60. The van der Waals surface area contributed by atoms with Crippen LogP contribution >= 0.6 is 23.2 Å². The molecule has 0 saturated heterocycles. The number of nitrogens with zero attached hydrogens (tertiary/aromatic N) is 1. The van der Waals surface area contributed by atoms with Crippen LogP contribution in [-0.2, 0) is 6.42 Å². The largest absolute Gasteiger partial charge is 0.198 e. The van der Waals surface area contributed by atoms with Crippen LogP contribution in [-0.4, -0.2) is 0 Å². The summed E-state index contributed by atoms with van der Waals surface area (Å²) in [6.07, 6.45) is 2.89. The maximum atomic E-state index is 8.97. The standard InChI is InChI=1S/C11H9Cl2N/c12-10-5-4-8-7(6-14)2-1-3-9(8)11(10)13/h4-5,7H,1-3H2. The number of nitriles is 1. The van der Waals surface area contributed by atoms with Gasteiger partial charge in [-0.2, -0.15) is 5.26 Å². The first-order valence-corrected chi connectivity index (χ1v) is 5.36. The molecule has 0 heterocycles. The predicted octanol–water partition coefficient (Wildman–Crippen LogP) is 3.94. The Morgan fingerprint density at radius 1 is 1.36 bits per heavy atom. The van der Waals surface area contributed by atoms with E-state index in [1.807, 2.05) is 6.07 Å². The summed E-state index contributed by atoms with van der Waals surface area (Å²) in [6.45, 7) is 0. The summed E-state index contributed by atoms with van der Waals surface area (Å²) < 4.78 is 0. The van der Waals surface area contributed by atoms with Gasteiger partial charge in [0, 0.05) is 0 Å². The monoisotopic (exact) mass is 225 g/mol. The smallest absolute Gasteiger partial charge is 0.0716 e. The van der Waals surface area contributed by atoms with Gasteiger partial charge in [-0.1, -0.05) is 29.3 Å². The van der Waals surface area contributed by atoms with Crippen LogP contribution in [0.2, 0.25) is 10.0 Å². The second kappa shape index (κ2) is 3.81. The summed E-state index contributed by atoms with van der Waals surface area (Å²) in [7, 11) is 0. The van der Waals surface area contributed by atoms with E-state index in [4.69, 9.17) is 28.5 Å². The molecule has 0 saturated carbocycles. The Kier molecular flexibility index (Phi) is 2.67. The summed E-state index contributed by atoms with van der Waals surface area (Å²) in [6, 6.07) is 6.01. The van der Waals surface area contributed by atoms with Gasteiger partial charge in [0.25, 0.3) is 0 Å². The van der Waals surface area contributed by atoms with Crippen molar-refractivity contribution in [1.82, 2.24) is 0 Å². The normalized spacial score (nSPS) is 19.9. The lowest BCUT2D eigenvalue weighted by Gasteiger charge is -2.21. The fourth-order valence-corrected chi connectivity index (χ4v) is 2.40. The van der Waals surface area contributed by atoms with E-state index in [0.29, 0.717) is 10.0 Å². The van der Waals surface area contributed by atoms with Gasteiger partial charge in [0.2, 0.25) is 0 Å². The molecule has 0 radical (unpaired) electrons. The molecule has 3 heteroatoms. The van der Waals surface area contributed by atoms with Gasteiger partial charge < -0.3 is 0 Å². The van der Waals surface area contributed by atoms with E-state index < -0.39 is 0 Å².